The maximum absolute atomic E-state index is 13.0. The summed E-state index contributed by atoms with van der Waals surface area (Å²) in [5.74, 6) is 0.0452. The Labute approximate surface area is 183 Å². The minimum absolute atomic E-state index is 0.0196. The SMILES string of the molecule is CCOc1ccc(C#N)cc1NC(=O)c1ccc(S(=O)(=O)N(C)C2CCCCC2)cc1. The molecule has 7 nitrogen and oxygen atoms in total. The van der Waals surface area contributed by atoms with Gasteiger partial charge in [0.05, 0.1) is 28.8 Å². The van der Waals surface area contributed by atoms with Gasteiger partial charge in [0, 0.05) is 18.7 Å². The number of carbonyl (C=O) groups is 1. The average Bonchev–Trinajstić information content (AvgIpc) is 2.80. The molecule has 31 heavy (non-hydrogen) atoms. The number of nitrogens with zero attached hydrogens (tertiary/aromatic N) is 2. The lowest BCUT2D eigenvalue weighted by Gasteiger charge is -2.30. The summed E-state index contributed by atoms with van der Waals surface area (Å²) in [6.45, 7) is 2.24. The van der Waals surface area contributed by atoms with Crippen LogP contribution in [0, 0.1) is 11.3 Å². The zero-order valence-electron chi connectivity index (χ0n) is 17.8. The van der Waals surface area contributed by atoms with Crippen LogP contribution in [0.5, 0.6) is 5.75 Å². The van der Waals surface area contributed by atoms with Gasteiger partial charge in [-0.1, -0.05) is 19.3 Å². The molecular weight excluding hydrogens is 414 g/mol. The van der Waals surface area contributed by atoms with Crippen LogP contribution in [0.15, 0.2) is 47.4 Å². The van der Waals surface area contributed by atoms with E-state index < -0.39 is 15.9 Å². The fraction of sp³-hybridized carbons (Fsp3) is 0.391. The predicted octanol–water partition coefficient (Wildman–Crippen LogP) is 4.16. The van der Waals surface area contributed by atoms with E-state index in [-0.39, 0.29) is 10.9 Å². The van der Waals surface area contributed by atoms with Crippen molar-refractivity contribution in [1.29, 1.82) is 5.26 Å². The van der Waals surface area contributed by atoms with E-state index in [2.05, 4.69) is 5.32 Å². The number of amides is 1. The molecule has 0 heterocycles. The van der Waals surface area contributed by atoms with E-state index in [1.54, 1.807) is 25.2 Å². The average molecular weight is 442 g/mol. The van der Waals surface area contributed by atoms with E-state index in [0.717, 1.165) is 32.1 Å². The number of sulfonamides is 1. The highest BCUT2D eigenvalue weighted by atomic mass is 32.2. The molecular formula is C23H27N3O4S. The zero-order valence-corrected chi connectivity index (χ0v) is 18.6. The summed E-state index contributed by atoms with van der Waals surface area (Å²) in [6, 6.07) is 12.7. The fourth-order valence-electron chi connectivity index (χ4n) is 3.76. The lowest BCUT2D eigenvalue weighted by molar-refractivity contribution is 0.102. The molecule has 3 rings (SSSR count). The number of benzene rings is 2. The number of carbonyl (C=O) groups excluding carboxylic acids is 1. The molecule has 1 saturated carbocycles. The molecule has 0 spiro atoms. The molecule has 0 bridgehead atoms. The summed E-state index contributed by atoms with van der Waals surface area (Å²) in [6.07, 6.45) is 4.98. The molecule has 0 unspecified atom stereocenters. The van der Waals surface area contributed by atoms with Crippen LogP contribution in [0.25, 0.3) is 0 Å². The first-order chi connectivity index (χ1) is 14.9. The van der Waals surface area contributed by atoms with Crippen molar-refractivity contribution in [2.24, 2.45) is 0 Å². The van der Waals surface area contributed by atoms with Gasteiger partial charge >= 0.3 is 0 Å². The number of ether oxygens (including phenoxy) is 1. The Bertz CT molecular complexity index is 1070. The lowest BCUT2D eigenvalue weighted by Crippen LogP contribution is -2.38. The van der Waals surface area contributed by atoms with Gasteiger partial charge in [-0.3, -0.25) is 4.79 Å². The Morgan fingerprint density at radius 1 is 1.16 bits per heavy atom. The van der Waals surface area contributed by atoms with E-state index in [9.17, 15) is 13.2 Å². The molecule has 1 aliphatic carbocycles. The van der Waals surface area contributed by atoms with Crippen LogP contribution >= 0.6 is 0 Å². The van der Waals surface area contributed by atoms with E-state index in [4.69, 9.17) is 10.00 Å². The first-order valence-corrected chi connectivity index (χ1v) is 11.9. The summed E-state index contributed by atoms with van der Waals surface area (Å²) in [5.41, 5.74) is 1.09. The van der Waals surface area contributed by atoms with E-state index in [0.29, 0.717) is 29.2 Å². The Morgan fingerprint density at radius 2 is 1.84 bits per heavy atom. The van der Waals surface area contributed by atoms with Crippen molar-refractivity contribution in [3.63, 3.8) is 0 Å². The van der Waals surface area contributed by atoms with Gasteiger partial charge in [-0.2, -0.15) is 9.57 Å². The molecule has 0 aromatic heterocycles. The zero-order chi connectivity index (χ0) is 22.4. The second-order valence-corrected chi connectivity index (χ2v) is 9.54. The smallest absolute Gasteiger partial charge is 0.255 e. The van der Waals surface area contributed by atoms with Gasteiger partial charge in [0.15, 0.2) is 0 Å². The van der Waals surface area contributed by atoms with Crippen LogP contribution in [0.3, 0.4) is 0 Å². The highest BCUT2D eigenvalue weighted by Crippen LogP contribution is 2.28. The molecule has 2 aromatic rings. The Morgan fingerprint density at radius 3 is 2.45 bits per heavy atom. The summed E-state index contributed by atoms with van der Waals surface area (Å²) in [7, 11) is -1.99. The maximum Gasteiger partial charge on any atom is 0.255 e. The van der Waals surface area contributed by atoms with Gasteiger partial charge in [-0.15, -0.1) is 0 Å². The van der Waals surface area contributed by atoms with Crippen LogP contribution in [-0.4, -0.2) is 38.3 Å². The van der Waals surface area contributed by atoms with Gasteiger partial charge in [0.25, 0.3) is 5.91 Å². The highest BCUT2D eigenvalue weighted by Gasteiger charge is 2.29. The standard InChI is InChI=1S/C23H27N3O4S/c1-3-30-22-14-9-17(16-24)15-21(22)25-23(27)18-10-12-20(13-11-18)31(28,29)26(2)19-7-5-4-6-8-19/h9-15,19H,3-8H2,1-2H3,(H,25,27). The summed E-state index contributed by atoms with van der Waals surface area (Å²) >= 11 is 0. The highest BCUT2D eigenvalue weighted by molar-refractivity contribution is 7.89. The van der Waals surface area contributed by atoms with Gasteiger partial charge < -0.3 is 10.1 Å². The maximum atomic E-state index is 13.0. The summed E-state index contributed by atoms with van der Waals surface area (Å²) in [5, 5.41) is 11.9. The van der Waals surface area contributed by atoms with E-state index in [1.807, 2.05) is 13.0 Å². The van der Waals surface area contributed by atoms with Crippen molar-refractivity contribution in [3.05, 3.63) is 53.6 Å². The molecule has 164 valence electrons. The number of rotatable bonds is 7. The minimum Gasteiger partial charge on any atom is -0.492 e. The molecule has 8 heteroatoms. The van der Waals surface area contributed by atoms with Crippen LogP contribution in [0.4, 0.5) is 5.69 Å². The molecule has 1 fully saturated rings. The summed E-state index contributed by atoms with van der Waals surface area (Å²) < 4.78 is 32.9. The Kier molecular flexibility index (Phi) is 7.31. The van der Waals surface area contributed by atoms with Gasteiger partial charge in [0.1, 0.15) is 5.75 Å². The minimum atomic E-state index is -3.62. The monoisotopic (exact) mass is 441 g/mol. The third kappa shape index (κ3) is 5.24. The number of hydrogen-bond donors (Lipinski definition) is 1. The first kappa shape index (κ1) is 22.8. The van der Waals surface area contributed by atoms with Crippen molar-refractivity contribution in [2.45, 2.75) is 50.0 Å². The van der Waals surface area contributed by atoms with Crippen LogP contribution < -0.4 is 10.1 Å². The first-order valence-electron chi connectivity index (χ1n) is 10.4. The van der Waals surface area contributed by atoms with Gasteiger partial charge in [-0.05, 0) is 62.2 Å². The molecule has 2 aromatic carbocycles. The van der Waals surface area contributed by atoms with Gasteiger partial charge in [0.2, 0.25) is 10.0 Å². The second-order valence-electron chi connectivity index (χ2n) is 7.55. The molecule has 0 aliphatic heterocycles. The third-order valence-corrected chi connectivity index (χ3v) is 7.46. The van der Waals surface area contributed by atoms with Gasteiger partial charge in [-0.25, -0.2) is 8.42 Å². The van der Waals surface area contributed by atoms with Crippen molar-refractivity contribution in [1.82, 2.24) is 4.31 Å². The van der Waals surface area contributed by atoms with E-state index in [1.165, 1.54) is 28.6 Å². The normalized spacial score (nSPS) is 14.8. The summed E-state index contributed by atoms with van der Waals surface area (Å²) in [4.78, 5) is 12.9. The largest absolute Gasteiger partial charge is 0.492 e. The van der Waals surface area contributed by atoms with Crippen molar-refractivity contribution in [3.8, 4) is 11.8 Å². The second kappa shape index (κ2) is 9.94. The van der Waals surface area contributed by atoms with Crippen molar-refractivity contribution in [2.75, 3.05) is 19.0 Å². The molecule has 0 atom stereocenters. The Hall–Kier alpha value is -2.89. The lowest BCUT2D eigenvalue weighted by atomic mass is 9.96. The number of anilines is 1. The molecule has 0 radical (unpaired) electrons. The van der Waals surface area contributed by atoms with Crippen LogP contribution in [0.1, 0.15) is 54.9 Å². The quantitative estimate of drug-likeness (QED) is 0.695. The fourth-order valence-corrected chi connectivity index (χ4v) is 5.17. The predicted molar refractivity (Wildman–Crippen MR) is 119 cm³/mol. The Balaban J connectivity index is 1.77. The molecule has 1 amide bonds. The van der Waals surface area contributed by atoms with Crippen molar-refractivity contribution < 1.29 is 17.9 Å². The molecule has 1 N–H and O–H groups in total. The number of hydrogen-bond acceptors (Lipinski definition) is 5. The third-order valence-electron chi connectivity index (χ3n) is 5.54. The molecule has 1 aliphatic rings. The van der Waals surface area contributed by atoms with Crippen molar-refractivity contribution >= 4 is 21.6 Å². The number of nitrogens with one attached hydrogen (secondary N) is 1. The van der Waals surface area contributed by atoms with Crippen LogP contribution in [0.2, 0.25) is 0 Å². The van der Waals surface area contributed by atoms with E-state index >= 15 is 0 Å². The number of nitriles is 1. The topological polar surface area (TPSA) is 99.5 Å². The van der Waals surface area contributed by atoms with Crippen LogP contribution in [-0.2, 0) is 10.0 Å². The molecule has 0 saturated heterocycles.